The van der Waals surface area contributed by atoms with Gasteiger partial charge in [-0.05, 0) is 19.1 Å². The molecule has 1 spiro atoms. The van der Waals surface area contributed by atoms with Gasteiger partial charge in [-0.15, -0.1) is 0 Å². The molecular formula is C17H20N2O6. The highest BCUT2D eigenvalue weighted by atomic mass is 16.5. The first kappa shape index (κ1) is 17.1. The van der Waals surface area contributed by atoms with E-state index in [0.29, 0.717) is 23.5 Å². The lowest BCUT2D eigenvalue weighted by atomic mass is 10.00. The third-order valence-corrected chi connectivity index (χ3v) is 4.72. The van der Waals surface area contributed by atoms with Crippen molar-refractivity contribution in [2.24, 2.45) is 0 Å². The number of amides is 2. The van der Waals surface area contributed by atoms with Crippen LogP contribution in [0, 0.1) is 0 Å². The van der Waals surface area contributed by atoms with Crippen LogP contribution in [-0.4, -0.2) is 53.2 Å². The van der Waals surface area contributed by atoms with Gasteiger partial charge in [0.2, 0.25) is 5.91 Å². The average Bonchev–Trinajstić information content (AvgIpc) is 2.73. The van der Waals surface area contributed by atoms with Gasteiger partial charge in [0.1, 0.15) is 17.5 Å². The van der Waals surface area contributed by atoms with Gasteiger partial charge in [-0.2, -0.15) is 0 Å². The number of carboxylic acid groups (broad SMARTS) is 1. The third kappa shape index (κ3) is 3.11. The van der Waals surface area contributed by atoms with E-state index in [4.69, 9.17) is 14.6 Å². The summed E-state index contributed by atoms with van der Waals surface area (Å²) in [5, 5.41) is 12.0. The fourth-order valence-corrected chi connectivity index (χ4v) is 3.19. The molecule has 1 saturated heterocycles. The minimum Gasteiger partial charge on any atom is -0.497 e. The van der Waals surface area contributed by atoms with Crippen LogP contribution in [0.3, 0.4) is 0 Å². The molecule has 0 aliphatic carbocycles. The quantitative estimate of drug-likeness (QED) is 0.844. The lowest BCUT2D eigenvalue weighted by Crippen LogP contribution is -2.56. The van der Waals surface area contributed by atoms with Gasteiger partial charge in [-0.25, -0.2) is 4.79 Å². The summed E-state index contributed by atoms with van der Waals surface area (Å²) in [5.74, 6) is -0.644. The molecule has 0 bridgehead atoms. The third-order valence-electron chi connectivity index (χ3n) is 4.72. The van der Waals surface area contributed by atoms with Crippen LogP contribution in [-0.2, 0) is 9.59 Å². The average molecular weight is 348 g/mol. The standard InChI is InChI=1S/C17H20N2O6/c1-10(16(22)23)19-8-7-17(6-5-14(19)20)18-15(21)12-4-3-11(24-2)9-13(12)25-17/h3-4,9-10H,5-8H2,1-2H3,(H,18,21)(H,22,23)/t10-,17-/m1/s1. The molecule has 1 aromatic rings. The summed E-state index contributed by atoms with van der Waals surface area (Å²) >= 11 is 0. The smallest absolute Gasteiger partial charge is 0.326 e. The largest absolute Gasteiger partial charge is 0.497 e. The predicted molar refractivity (Wildman–Crippen MR) is 86.5 cm³/mol. The number of likely N-dealkylation sites (tertiary alicyclic amines) is 1. The normalized spacial score (nSPS) is 24.0. The van der Waals surface area contributed by atoms with E-state index in [2.05, 4.69) is 5.32 Å². The van der Waals surface area contributed by atoms with Crippen molar-refractivity contribution < 1.29 is 29.0 Å². The maximum atomic E-state index is 12.5. The number of carboxylic acids is 1. The number of nitrogens with one attached hydrogen (secondary N) is 1. The maximum absolute atomic E-state index is 12.5. The fraction of sp³-hybridized carbons (Fsp3) is 0.471. The summed E-state index contributed by atoms with van der Waals surface area (Å²) in [6.07, 6.45) is 0.674. The Labute approximate surface area is 144 Å². The second-order valence-corrected chi connectivity index (χ2v) is 6.26. The van der Waals surface area contributed by atoms with Crippen LogP contribution in [0.1, 0.15) is 36.5 Å². The molecule has 8 heteroatoms. The predicted octanol–water partition coefficient (Wildman–Crippen LogP) is 0.999. The zero-order valence-electron chi connectivity index (χ0n) is 14.1. The summed E-state index contributed by atoms with van der Waals surface area (Å²) < 4.78 is 11.2. The topological polar surface area (TPSA) is 105 Å². The van der Waals surface area contributed by atoms with Gasteiger partial charge >= 0.3 is 5.97 Å². The number of hydrogen-bond acceptors (Lipinski definition) is 5. The summed E-state index contributed by atoms with van der Waals surface area (Å²) in [6.45, 7) is 1.66. The van der Waals surface area contributed by atoms with Gasteiger partial charge in [0.05, 0.1) is 12.7 Å². The highest BCUT2D eigenvalue weighted by molar-refractivity contribution is 5.98. The van der Waals surface area contributed by atoms with E-state index in [0.717, 1.165) is 0 Å². The zero-order valence-corrected chi connectivity index (χ0v) is 14.1. The monoisotopic (exact) mass is 348 g/mol. The van der Waals surface area contributed by atoms with Gasteiger partial charge < -0.3 is 24.8 Å². The van der Waals surface area contributed by atoms with Crippen molar-refractivity contribution in [2.45, 2.75) is 38.0 Å². The molecule has 2 aliphatic rings. The lowest BCUT2D eigenvalue weighted by molar-refractivity contribution is -0.149. The minimum atomic E-state index is -1.06. The van der Waals surface area contributed by atoms with Crippen molar-refractivity contribution in [1.82, 2.24) is 10.2 Å². The highest BCUT2D eigenvalue weighted by Crippen LogP contribution is 2.36. The summed E-state index contributed by atoms with van der Waals surface area (Å²) in [6, 6.07) is 4.01. The number of carbonyl (C=O) groups excluding carboxylic acids is 2. The molecule has 2 heterocycles. The zero-order chi connectivity index (χ0) is 18.2. The Bertz CT molecular complexity index is 734. The Hall–Kier alpha value is -2.77. The van der Waals surface area contributed by atoms with Gasteiger partial charge in [0.25, 0.3) is 5.91 Å². The van der Waals surface area contributed by atoms with Gasteiger partial charge in [0, 0.05) is 31.9 Å². The van der Waals surface area contributed by atoms with E-state index < -0.39 is 17.7 Å². The second kappa shape index (κ2) is 6.27. The summed E-state index contributed by atoms with van der Waals surface area (Å²) in [5.41, 5.74) is -0.628. The Morgan fingerprint density at radius 2 is 2.16 bits per heavy atom. The van der Waals surface area contributed by atoms with E-state index in [1.807, 2.05) is 0 Å². The van der Waals surface area contributed by atoms with Crippen molar-refractivity contribution in [2.75, 3.05) is 13.7 Å². The number of ether oxygens (including phenoxy) is 2. The van der Waals surface area contributed by atoms with Crippen LogP contribution in [0.25, 0.3) is 0 Å². The molecule has 134 valence electrons. The minimum absolute atomic E-state index is 0.0944. The number of hydrogen-bond donors (Lipinski definition) is 2. The molecule has 2 atom stereocenters. The molecule has 0 radical (unpaired) electrons. The van der Waals surface area contributed by atoms with Crippen LogP contribution in [0.5, 0.6) is 11.5 Å². The molecule has 0 saturated carbocycles. The second-order valence-electron chi connectivity index (χ2n) is 6.26. The van der Waals surface area contributed by atoms with Crippen LogP contribution in [0.4, 0.5) is 0 Å². The Morgan fingerprint density at radius 3 is 2.84 bits per heavy atom. The first-order valence-electron chi connectivity index (χ1n) is 8.07. The van der Waals surface area contributed by atoms with Crippen molar-refractivity contribution in [3.05, 3.63) is 23.8 Å². The van der Waals surface area contributed by atoms with E-state index in [9.17, 15) is 14.4 Å². The number of fused-ring (bicyclic) bond motifs is 1. The van der Waals surface area contributed by atoms with E-state index in [-0.39, 0.29) is 31.2 Å². The molecule has 2 aliphatic heterocycles. The summed E-state index contributed by atoms with van der Waals surface area (Å²) in [4.78, 5) is 37.3. The van der Waals surface area contributed by atoms with Crippen LogP contribution >= 0.6 is 0 Å². The number of methoxy groups -OCH3 is 1. The molecule has 3 rings (SSSR count). The van der Waals surface area contributed by atoms with Crippen LogP contribution in [0.2, 0.25) is 0 Å². The first-order valence-corrected chi connectivity index (χ1v) is 8.07. The molecule has 25 heavy (non-hydrogen) atoms. The number of aliphatic carboxylic acids is 1. The van der Waals surface area contributed by atoms with Crippen molar-refractivity contribution in [3.8, 4) is 11.5 Å². The maximum Gasteiger partial charge on any atom is 0.326 e. The molecule has 2 amide bonds. The number of carbonyl (C=O) groups is 3. The first-order chi connectivity index (χ1) is 11.8. The SMILES string of the molecule is COc1ccc2c(c1)O[C@@]1(CCC(=O)N([C@H](C)C(=O)O)CC1)NC2=O. The van der Waals surface area contributed by atoms with Crippen LogP contribution in [0.15, 0.2) is 18.2 Å². The molecule has 1 fully saturated rings. The van der Waals surface area contributed by atoms with E-state index >= 15 is 0 Å². The van der Waals surface area contributed by atoms with Crippen LogP contribution < -0.4 is 14.8 Å². The van der Waals surface area contributed by atoms with E-state index in [1.54, 1.807) is 18.2 Å². The molecule has 0 aromatic heterocycles. The van der Waals surface area contributed by atoms with E-state index in [1.165, 1.54) is 18.9 Å². The highest BCUT2D eigenvalue weighted by Gasteiger charge is 2.43. The molecule has 2 N–H and O–H groups in total. The van der Waals surface area contributed by atoms with Gasteiger partial charge in [-0.3, -0.25) is 9.59 Å². The van der Waals surface area contributed by atoms with Gasteiger partial charge in [0.15, 0.2) is 5.72 Å². The molecular weight excluding hydrogens is 328 g/mol. The summed E-state index contributed by atoms with van der Waals surface area (Å²) in [7, 11) is 1.52. The van der Waals surface area contributed by atoms with Crippen molar-refractivity contribution in [3.63, 3.8) is 0 Å². The Morgan fingerprint density at radius 1 is 1.40 bits per heavy atom. The number of nitrogens with zero attached hydrogens (tertiary/aromatic N) is 1. The van der Waals surface area contributed by atoms with Gasteiger partial charge in [-0.1, -0.05) is 0 Å². The lowest BCUT2D eigenvalue weighted by Gasteiger charge is -2.38. The molecule has 0 unspecified atom stereocenters. The Balaban J connectivity index is 1.86. The number of rotatable bonds is 3. The Kier molecular flexibility index (Phi) is 4.28. The number of benzene rings is 1. The molecule has 8 nitrogen and oxygen atoms in total. The molecule has 1 aromatic carbocycles. The van der Waals surface area contributed by atoms with Crippen molar-refractivity contribution >= 4 is 17.8 Å². The fourth-order valence-electron chi connectivity index (χ4n) is 3.19. The van der Waals surface area contributed by atoms with Crippen molar-refractivity contribution in [1.29, 1.82) is 0 Å².